The summed E-state index contributed by atoms with van der Waals surface area (Å²) in [6.45, 7) is 1.69. The Morgan fingerprint density at radius 3 is 2.30 bits per heavy atom. The van der Waals surface area contributed by atoms with Gasteiger partial charge in [-0.3, -0.25) is 0 Å². The largest absolute Gasteiger partial charge is 1.00 e. The number of ether oxygens (including phenoxy) is 1. The van der Waals surface area contributed by atoms with Gasteiger partial charge < -0.3 is 22.9 Å². The molecular weight excluding hydrogens is 174 g/mol. The Labute approximate surface area is 72.1 Å². The lowest BCUT2D eigenvalue weighted by molar-refractivity contribution is -0.448. The van der Waals surface area contributed by atoms with Gasteiger partial charge in [-0.1, -0.05) is 0 Å². The van der Waals surface area contributed by atoms with Crippen LogP contribution in [-0.4, -0.2) is 24.4 Å². The van der Waals surface area contributed by atoms with E-state index in [0.717, 1.165) is 0 Å². The van der Waals surface area contributed by atoms with Crippen molar-refractivity contribution in [2.75, 3.05) is 12.9 Å². The van der Waals surface area contributed by atoms with Crippen LogP contribution in [0.1, 0.15) is 6.92 Å². The van der Waals surface area contributed by atoms with Crippen molar-refractivity contribution < 1.29 is 27.7 Å². The second-order valence-electron chi connectivity index (χ2n) is 2.21. The second-order valence-corrected chi connectivity index (χ2v) is 2.53. The van der Waals surface area contributed by atoms with E-state index < -0.39 is 5.54 Å². The fraction of sp³-hybridized carbons (Fsp3) is 0.800. The van der Waals surface area contributed by atoms with Crippen LogP contribution in [0.4, 0.5) is 0 Å². The third kappa shape index (κ3) is 3.29. The smallest absolute Gasteiger partial charge is 0.368 e. The van der Waals surface area contributed by atoms with Crippen molar-refractivity contribution in [1.29, 1.82) is 0 Å². The Balaban J connectivity index is 0. The summed E-state index contributed by atoms with van der Waals surface area (Å²) >= 11 is 3.93. The summed E-state index contributed by atoms with van der Waals surface area (Å²) < 4.78 is 4.46. The van der Waals surface area contributed by atoms with Gasteiger partial charge in [0, 0.05) is 6.92 Å². The molecule has 0 heterocycles. The summed E-state index contributed by atoms with van der Waals surface area (Å²) in [5.74, 6) is 0.0807. The minimum atomic E-state index is -0.697. The van der Waals surface area contributed by atoms with Crippen LogP contribution < -0.4 is 18.1 Å². The first-order valence-electron chi connectivity index (χ1n) is 2.59. The molecule has 0 aliphatic carbocycles. The van der Waals surface area contributed by atoms with Crippen molar-refractivity contribution in [3.05, 3.63) is 0 Å². The predicted octanol–water partition coefficient (Wildman–Crippen LogP) is -3.91. The molecule has 0 aromatic rings. The maximum absolute atomic E-state index is 10.7. The number of carbonyl (C=O) groups excluding carboxylic acids is 1. The average molecular weight is 186 g/mol. The Kier molecular flexibility index (Phi) is 6.13. The monoisotopic (exact) mass is 185 g/mol. The highest BCUT2D eigenvalue weighted by atomic mass is 35.5. The number of esters is 1. The Morgan fingerprint density at radius 1 is 1.80 bits per heavy atom. The van der Waals surface area contributed by atoms with Crippen LogP contribution >= 0.6 is 12.6 Å². The molecule has 3 nitrogen and oxygen atoms in total. The van der Waals surface area contributed by atoms with Gasteiger partial charge in [0.2, 0.25) is 0 Å². The van der Waals surface area contributed by atoms with Gasteiger partial charge in [-0.2, -0.15) is 12.6 Å². The molecule has 0 bridgehead atoms. The second kappa shape index (κ2) is 4.82. The summed E-state index contributed by atoms with van der Waals surface area (Å²) in [4.78, 5) is 10.7. The van der Waals surface area contributed by atoms with Crippen molar-refractivity contribution >= 4 is 18.6 Å². The number of hydrogen-bond acceptors (Lipinski definition) is 3. The summed E-state index contributed by atoms with van der Waals surface area (Å²) in [7, 11) is 1.34. The lowest BCUT2D eigenvalue weighted by Gasteiger charge is -2.13. The van der Waals surface area contributed by atoms with Crippen molar-refractivity contribution in [2.24, 2.45) is 0 Å². The van der Waals surface area contributed by atoms with Crippen LogP contribution in [0.25, 0.3) is 0 Å². The number of methoxy groups -OCH3 is 1. The molecule has 10 heavy (non-hydrogen) atoms. The topological polar surface area (TPSA) is 53.9 Å². The molecular formula is C5H12ClNO2S. The third-order valence-electron chi connectivity index (χ3n) is 1.03. The molecule has 0 aromatic heterocycles. The first-order chi connectivity index (χ1) is 4.04. The fourth-order valence-electron chi connectivity index (χ4n) is 0.311. The molecule has 0 fully saturated rings. The normalized spacial score (nSPS) is 14.8. The van der Waals surface area contributed by atoms with E-state index in [0.29, 0.717) is 5.75 Å². The molecule has 62 valence electrons. The van der Waals surface area contributed by atoms with Crippen LogP contribution in [0.5, 0.6) is 0 Å². The zero-order valence-corrected chi connectivity index (χ0v) is 7.71. The van der Waals surface area contributed by atoms with Crippen LogP contribution in [0.15, 0.2) is 0 Å². The van der Waals surface area contributed by atoms with E-state index in [1.807, 2.05) is 0 Å². The molecule has 3 N–H and O–H groups in total. The maximum Gasteiger partial charge on any atom is 0.368 e. The molecule has 0 spiro atoms. The summed E-state index contributed by atoms with van der Waals surface area (Å²) in [6, 6.07) is 0. The molecule has 0 aliphatic rings. The van der Waals surface area contributed by atoms with Gasteiger partial charge >= 0.3 is 5.97 Å². The van der Waals surface area contributed by atoms with Gasteiger partial charge in [0.1, 0.15) is 0 Å². The minimum absolute atomic E-state index is 0. The molecule has 0 rings (SSSR count). The highest BCUT2D eigenvalue weighted by Crippen LogP contribution is 1.99. The molecule has 0 aliphatic heterocycles. The number of carbonyl (C=O) groups is 1. The zero-order valence-electron chi connectivity index (χ0n) is 6.06. The summed E-state index contributed by atoms with van der Waals surface area (Å²) in [6.07, 6.45) is 0. The molecule has 0 aromatic carbocycles. The predicted molar refractivity (Wildman–Crippen MR) is 37.2 cm³/mol. The lowest BCUT2D eigenvalue weighted by Crippen LogP contribution is -3.00. The van der Waals surface area contributed by atoms with E-state index in [1.165, 1.54) is 7.11 Å². The minimum Gasteiger partial charge on any atom is -1.00 e. The summed E-state index contributed by atoms with van der Waals surface area (Å²) in [5, 5.41) is 0. The van der Waals surface area contributed by atoms with Crippen LogP contribution in [-0.2, 0) is 9.53 Å². The molecule has 0 amide bonds. The van der Waals surface area contributed by atoms with E-state index in [2.05, 4.69) is 23.1 Å². The fourth-order valence-corrected chi connectivity index (χ4v) is 0.440. The third-order valence-corrected chi connectivity index (χ3v) is 1.73. The van der Waals surface area contributed by atoms with E-state index in [-0.39, 0.29) is 18.4 Å². The average Bonchev–Trinajstić information content (AvgIpc) is 1.86. The zero-order chi connectivity index (χ0) is 7.49. The standard InChI is InChI=1S/C5H11NO2S.ClH/c1-5(6,3-9)4(7)8-2;/h9H,3,6H2,1-2H3;1H/t5-;/m0./s1. The van der Waals surface area contributed by atoms with Crippen molar-refractivity contribution in [3.63, 3.8) is 0 Å². The number of thiol groups is 1. The van der Waals surface area contributed by atoms with Gasteiger partial charge in [-0.05, 0) is 0 Å². The molecule has 0 unspecified atom stereocenters. The van der Waals surface area contributed by atoms with Crippen molar-refractivity contribution in [1.82, 2.24) is 0 Å². The number of halogens is 1. The van der Waals surface area contributed by atoms with Crippen LogP contribution in [0.3, 0.4) is 0 Å². The molecule has 5 heteroatoms. The molecule has 0 radical (unpaired) electrons. The lowest BCUT2D eigenvalue weighted by atomic mass is 10.1. The highest BCUT2D eigenvalue weighted by Gasteiger charge is 2.31. The van der Waals surface area contributed by atoms with E-state index in [4.69, 9.17) is 0 Å². The Hall–Kier alpha value is 0.0700. The van der Waals surface area contributed by atoms with Gasteiger partial charge in [0.15, 0.2) is 5.54 Å². The van der Waals surface area contributed by atoms with Crippen molar-refractivity contribution in [3.8, 4) is 0 Å². The van der Waals surface area contributed by atoms with Gasteiger partial charge in [-0.25, -0.2) is 4.79 Å². The number of quaternary nitrogens is 1. The van der Waals surface area contributed by atoms with E-state index >= 15 is 0 Å². The van der Waals surface area contributed by atoms with Crippen molar-refractivity contribution in [2.45, 2.75) is 12.5 Å². The molecule has 0 saturated carbocycles. The first kappa shape index (κ1) is 12.7. The molecule has 1 atom stereocenters. The van der Waals surface area contributed by atoms with Gasteiger partial charge in [0.05, 0.1) is 12.9 Å². The number of hydrogen-bond donors (Lipinski definition) is 2. The summed E-state index contributed by atoms with van der Waals surface area (Å²) in [5.41, 5.74) is 2.91. The van der Waals surface area contributed by atoms with Gasteiger partial charge in [-0.15, -0.1) is 0 Å². The highest BCUT2D eigenvalue weighted by molar-refractivity contribution is 7.80. The quantitative estimate of drug-likeness (QED) is 0.342. The number of rotatable bonds is 2. The van der Waals surface area contributed by atoms with E-state index in [1.54, 1.807) is 6.92 Å². The van der Waals surface area contributed by atoms with E-state index in [9.17, 15) is 4.79 Å². The maximum atomic E-state index is 10.7. The Morgan fingerprint density at radius 2 is 2.20 bits per heavy atom. The SMILES string of the molecule is COC(=O)[C@@](C)([NH3+])CS.[Cl-]. The van der Waals surface area contributed by atoms with Crippen LogP contribution in [0, 0.1) is 0 Å². The Bertz CT molecular complexity index is 118. The molecule has 0 saturated heterocycles. The van der Waals surface area contributed by atoms with Gasteiger partial charge in [0.25, 0.3) is 0 Å². The first-order valence-corrected chi connectivity index (χ1v) is 3.22. The van der Waals surface area contributed by atoms with Crippen LogP contribution in [0.2, 0.25) is 0 Å².